The van der Waals surface area contributed by atoms with Crippen molar-refractivity contribution in [1.82, 2.24) is 10.2 Å². The Labute approximate surface area is 113 Å². The Hall–Kier alpha value is -0.570. The Morgan fingerprint density at radius 1 is 1.17 bits per heavy atom. The summed E-state index contributed by atoms with van der Waals surface area (Å²) < 4.78 is 0. The van der Waals surface area contributed by atoms with Gasteiger partial charge in [-0.05, 0) is 46.2 Å². The topological polar surface area (TPSA) is 27.6 Å². The molecule has 1 rings (SSSR count). The van der Waals surface area contributed by atoms with E-state index in [-0.39, 0.29) is 5.54 Å². The van der Waals surface area contributed by atoms with Gasteiger partial charge < -0.3 is 5.32 Å². The highest BCUT2D eigenvalue weighted by molar-refractivity contribution is 5.91. The van der Waals surface area contributed by atoms with Gasteiger partial charge in [0.1, 0.15) is 5.84 Å². The first-order chi connectivity index (χ1) is 8.62. The van der Waals surface area contributed by atoms with Crippen molar-refractivity contribution in [3.05, 3.63) is 0 Å². The molecule has 0 aromatic heterocycles. The van der Waals surface area contributed by atoms with Crippen molar-refractivity contribution >= 4 is 5.84 Å². The van der Waals surface area contributed by atoms with Crippen molar-refractivity contribution in [2.24, 2.45) is 4.99 Å². The fraction of sp³-hybridized carbons (Fsp3) is 0.933. The van der Waals surface area contributed by atoms with Crippen LogP contribution in [0.2, 0.25) is 0 Å². The van der Waals surface area contributed by atoms with Crippen molar-refractivity contribution in [1.29, 1.82) is 0 Å². The van der Waals surface area contributed by atoms with Gasteiger partial charge in [0.2, 0.25) is 0 Å². The molecule has 106 valence electrons. The molecule has 0 fully saturated rings. The maximum atomic E-state index is 4.70. The fourth-order valence-electron chi connectivity index (χ4n) is 2.46. The second-order valence-electron chi connectivity index (χ2n) is 5.76. The standard InChI is InChI=1S/C15H31N3/c1-5-7-12-18(13-8-6-2)15(3,4)14-16-10-9-11-17-14/h5-13H2,1-4H3,(H,16,17). The molecule has 0 unspecified atom stereocenters. The minimum absolute atomic E-state index is 0.0603. The summed E-state index contributed by atoms with van der Waals surface area (Å²) in [6, 6.07) is 0. The van der Waals surface area contributed by atoms with Gasteiger partial charge >= 0.3 is 0 Å². The molecule has 0 saturated heterocycles. The molecular formula is C15H31N3. The zero-order valence-electron chi connectivity index (χ0n) is 12.8. The van der Waals surface area contributed by atoms with Crippen LogP contribution in [0.4, 0.5) is 0 Å². The molecule has 0 radical (unpaired) electrons. The molecule has 0 spiro atoms. The number of hydrogen-bond donors (Lipinski definition) is 1. The van der Waals surface area contributed by atoms with E-state index in [9.17, 15) is 0 Å². The van der Waals surface area contributed by atoms with E-state index in [4.69, 9.17) is 4.99 Å². The van der Waals surface area contributed by atoms with Crippen LogP contribution in [0.15, 0.2) is 4.99 Å². The van der Waals surface area contributed by atoms with E-state index in [1.54, 1.807) is 0 Å². The predicted molar refractivity (Wildman–Crippen MR) is 80.4 cm³/mol. The lowest BCUT2D eigenvalue weighted by Crippen LogP contribution is -2.56. The minimum Gasteiger partial charge on any atom is -0.372 e. The van der Waals surface area contributed by atoms with Gasteiger partial charge in [-0.2, -0.15) is 0 Å². The number of unbranched alkanes of at least 4 members (excludes halogenated alkanes) is 2. The zero-order valence-corrected chi connectivity index (χ0v) is 12.8. The molecule has 3 nitrogen and oxygen atoms in total. The number of nitrogens with zero attached hydrogens (tertiary/aromatic N) is 2. The van der Waals surface area contributed by atoms with E-state index in [0.717, 1.165) is 13.1 Å². The molecule has 3 heteroatoms. The molecule has 0 bridgehead atoms. The Balaban J connectivity index is 2.69. The van der Waals surface area contributed by atoms with E-state index in [0.29, 0.717) is 0 Å². The summed E-state index contributed by atoms with van der Waals surface area (Å²) in [7, 11) is 0. The number of nitrogens with one attached hydrogen (secondary N) is 1. The van der Waals surface area contributed by atoms with Gasteiger partial charge in [0.25, 0.3) is 0 Å². The summed E-state index contributed by atoms with van der Waals surface area (Å²) in [5.74, 6) is 1.20. The van der Waals surface area contributed by atoms with E-state index in [2.05, 4.69) is 37.9 Å². The van der Waals surface area contributed by atoms with Crippen LogP contribution in [0.3, 0.4) is 0 Å². The maximum absolute atomic E-state index is 4.70. The lowest BCUT2D eigenvalue weighted by Gasteiger charge is -2.40. The maximum Gasteiger partial charge on any atom is 0.116 e. The molecule has 1 heterocycles. The Morgan fingerprint density at radius 3 is 2.22 bits per heavy atom. The van der Waals surface area contributed by atoms with E-state index < -0.39 is 0 Å². The molecule has 0 amide bonds. The predicted octanol–water partition coefficient (Wildman–Crippen LogP) is 3.06. The van der Waals surface area contributed by atoms with Gasteiger partial charge in [-0.1, -0.05) is 26.7 Å². The fourth-order valence-corrected chi connectivity index (χ4v) is 2.46. The first kappa shape index (κ1) is 15.5. The largest absolute Gasteiger partial charge is 0.372 e. The van der Waals surface area contributed by atoms with Gasteiger partial charge in [-0.25, -0.2) is 0 Å². The van der Waals surface area contributed by atoms with Crippen LogP contribution in [0, 0.1) is 0 Å². The van der Waals surface area contributed by atoms with Crippen molar-refractivity contribution in [3.8, 4) is 0 Å². The molecule has 1 N–H and O–H groups in total. The van der Waals surface area contributed by atoms with Crippen molar-refractivity contribution in [2.45, 2.75) is 65.3 Å². The summed E-state index contributed by atoms with van der Waals surface area (Å²) in [6.45, 7) is 13.6. The molecule has 0 aromatic carbocycles. The van der Waals surface area contributed by atoms with Crippen LogP contribution in [0.5, 0.6) is 0 Å². The third-order valence-electron chi connectivity index (χ3n) is 3.83. The molecule has 18 heavy (non-hydrogen) atoms. The lowest BCUT2D eigenvalue weighted by molar-refractivity contribution is 0.167. The van der Waals surface area contributed by atoms with Crippen LogP contribution in [-0.4, -0.2) is 42.5 Å². The van der Waals surface area contributed by atoms with Gasteiger partial charge in [0.15, 0.2) is 0 Å². The molecular weight excluding hydrogens is 222 g/mol. The van der Waals surface area contributed by atoms with E-state index in [1.807, 2.05) is 0 Å². The Bertz CT molecular complexity index is 250. The van der Waals surface area contributed by atoms with Crippen LogP contribution in [0.1, 0.15) is 59.8 Å². The van der Waals surface area contributed by atoms with Gasteiger partial charge in [-0.3, -0.25) is 9.89 Å². The molecule has 0 atom stereocenters. The first-order valence-electron chi connectivity index (χ1n) is 7.66. The van der Waals surface area contributed by atoms with Crippen molar-refractivity contribution < 1.29 is 0 Å². The number of rotatable bonds is 8. The Kier molecular flexibility index (Phi) is 6.69. The summed E-state index contributed by atoms with van der Waals surface area (Å²) >= 11 is 0. The third-order valence-corrected chi connectivity index (χ3v) is 3.83. The summed E-state index contributed by atoms with van der Waals surface area (Å²) in [5.41, 5.74) is 0.0603. The molecule has 1 aliphatic rings. The molecule has 1 aliphatic heterocycles. The van der Waals surface area contributed by atoms with Crippen LogP contribution >= 0.6 is 0 Å². The SMILES string of the molecule is CCCCN(CCCC)C(C)(C)C1=NCCCN1. The van der Waals surface area contributed by atoms with Gasteiger partial charge in [0, 0.05) is 13.1 Å². The van der Waals surface area contributed by atoms with Crippen LogP contribution in [0.25, 0.3) is 0 Å². The smallest absolute Gasteiger partial charge is 0.116 e. The summed E-state index contributed by atoms with van der Waals surface area (Å²) in [4.78, 5) is 7.31. The normalized spacial score (nSPS) is 16.6. The van der Waals surface area contributed by atoms with Gasteiger partial charge in [0.05, 0.1) is 5.54 Å². The summed E-state index contributed by atoms with van der Waals surface area (Å²) in [5, 5.41) is 3.50. The highest BCUT2D eigenvalue weighted by atomic mass is 15.2. The Morgan fingerprint density at radius 2 is 1.78 bits per heavy atom. The molecule has 0 aromatic rings. The quantitative estimate of drug-likeness (QED) is 0.720. The summed E-state index contributed by atoms with van der Waals surface area (Å²) in [6.07, 6.45) is 6.25. The van der Waals surface area contributed by atoms with E-state index in [1.165, 1.54) is 51.0 Å². The molecule has 0 saturated carbocycles. The number of amidine groups is 1. The number of hydrogen-bond acceptors (Lipinski definition) is 3. The van der Waals surface area contributed by atoms with Crippen LogP contribution < -0.4 is 5.32 Å². The van der Waals surface area contributed by atoms with Crippen molar-refractivity contribution in [2.75, 3.05) is 26.2 Å². The highest BCUT2D eigenvalue weighted by Crippen LogP contribution is 2.19. The average Bonchev–Trinajstić information content (AvgIpc) is 2.39. The lowest BCUT2D eigenvalue weighted by atomic mass is 9.98. The number of aliphatic imine (C=N–C) groups is 1. The van der Waals surface area contributed by atoms with Gasteiger partial charge in [-0.15, -0.1) is 0 Å². The molecule has 0 aliphatic carbocycles. The average molecular weight is 253 g/mol. The van der Waals surface area contributed by atoms with Crippen molar-refractivity contribution in [3.63, 3.8) is 0 Å². The zero-order chi connectivity index (χ0) is 13.4. The third kappa shape index (κ3) is 4.27. The first-order valence-corrected chi connectivity index (χ1v) is 7.66. The second-order valence-corrected chi connectivity index (χ2v) is 5.76. The monoisotopic (exact) mass is 253 g/mol. The second kappa shape index (κ2) is 7.78. The minimum atomic E-state index is 0.0603. The van der Waals surface area contributed by atoms with Crippen LogP contribution in [-0.2, 0) is 0 Å². The van der Waals surface area contributed by atoms with E-state index >= 15 is 0 Å². The highest BCUT2D eigenvalue weighted by Gasteiger charge is 2.32.